The highest BCUT2D eigenvalue weighted by molar-refractivity contribution is 7.80. The molecule has 7 heteroatoms. The van der Waals surface area contributed by atoms with Gasteiger partial charge < -0.3 is 15.2 Å². The van der Waals surface area contributed by atoms with Crippen LogP contribution in [0.5, 0.6) is 0 Å². The Kier molecular flexibility index (Phi) is 7.36. The van der Waals surface area contributed by atoms with E-state index in [2.05, 4.69) is 17.9 Å². The van der Waals surface area contributed by atoms with Crippen LogP contribution in [-0.4, -0.2) is 41.4 Å². The lowest BCUT2D eigenvalue weighted by Crippen LogP contribution is -2.43. The lowest BCUT2D eigenvalue weighted by molar-refractivity contribution is -0.146. The quantitative estimate of drug-likeness (QED) is 0.430. The Morgan fingerprint density at radius 3 is 2.44 bits per heavy atom. The summed E-state index contributed by atoms with van der Waals surface area (Å²) in [4.78, 5) is 32.7. The summed E-state index contributed by atoms with van der Waals surface area (Å²) in [5.41, 5.74) is 0. The molecule has 0 aromatic carbocycles. The van der Waals surface area contributed by atoms with Crippen LogP contribution in [0.4, 0.5) is 0 Å². The number of rotatable bonds is 7. The van der Waals surface area contributed by atoms with Gasteiger partial charge in [-0.15, -0.1) is 0 Å². The number of hydrogen-bond acceptors (Lipinski definition) is 5. The molecule has 92 valence electrons. The number of amides is 1. The zero-order valence-electron chi connectivity index (χ0n) is 8.93. The average molecular weight is 249 g/mol. The number of nitrogens with one attached hydrogen (secondary N) is 1. The fourth-order valence-electron chi connectivity index (χ4n) is 0.909. The van der Waals surface area contributed by atoms with Crippen molar-refractivity contribution < 1.29 is 24.2 Å². The maximum atomic E-state index is 11.2. The van der Waals surface area contributed by atoms with Crippen molar-refractivity contribution in [1.82, 2.24) is 5.32 Å². The second kappa shape index (κ2) is 7.98. The summed E-state index contributed by atoms with van der Waals surface area (Å²) in [5, 5.41) is 10.7. The van der Waals surface area contributed by atoms with Crippen LogP contribution in [0.2, 0.25) is 0 Å². The molecule has 16 heavy (non-hydrogen) atoms. The largest absolute Gasteiger partial charge is 0.481 e. The van der Waals surface area contributed by atoms with Crippen molar-refractivity contribution in [2.45, 2.75) is 25.8 Å². The molecule has 1 amide bonds. The van der Waals surface area contributed by atoms with Gasteiger partial charge in [0.05, 0.1) is 13.0 Å². The Labute approximate surface area is 98.8 Å². The fourth-order valence-corrected chi connectivity index (χ4v) is 1.15. The van der Waals surface area contributed by atoms with Crippen LogP contribution in [0, 0.1) is 0 Å². The van der Waals surface area contributed by atoms with Crippen LogP contribution in [0.15, 0.2) is 0 Å². The van der Waals surface area contributed by atoms with E-state index in [9.17, 15) is 14.4 Å². The maximum absolute atomic E-state index is 11.2. The van der Waals surface area contributed by atoms with Crippen molar-refractivity contribution in [2.24, 2.45) is 0 Å². The Bertz CT molecular complexity index is 269. The Balaban J connectivity index is 4.06. The highest BCUT2D eigenvalue weighted by atomic mass is 32.1. The lowest BCUT2D eigenvalue weighted by Gasteiger charge is -2.14. The van der Waals surface area contributed by atoms with Gasteiger partial charge in [-0.3, -0.25) is 9.59 Å². The van der Waals surface area contributed by atoms with Crippen molar-refractivity contribution in [1.29, 1.82) is 0 Å². The standard InChI is InChI=1S/C9H15NO5S/c1-2-15-9(14)6(5-16)10-7(11)3-4-8(12)13/h6,16H,2-5H2,1H3,(H,10,11)(H,12,13)/t6-/m0/s1. The first-order valence-electron chi connectivity index (χ1n) is 4.79. The smallest absolute Gasteiger partial charge is 0.329 e. The van der Waals surface area contributed by atoms with Gasteiger partial charge in [-0.05, 0) is 6.92 Å². The first-order chi connectivity index (χ1) is 7.51. The van der Waals surface area contributed by atoms with E-state index >= 15 is 0 Å². The van der Waals surface area contributed by atoms with Gasteiger partial charge in [0.1, 0.15) is 6.04 Å². The second-order valence-electron chi connectivity index (χ2n) is 2.95. The van der Waals surface area contributed by atoms with Gasteiger partial charge in [-0.25, -0.2) is 4.79 Å². The van der Waals surface area contributed by atoms with Crippen molar-refractivity contribution in [2.75, 3.05) is 12.4 Å². The molecule has 0 fully saturated rings. The molecule has 0 aromatic heterocycles. The predicted molar refractivity (Wildman–Crippen MR) is 59.3 cm³/mol. The van der Waals surface area contributed by atoms with Crippen molar-refractivity contribution in [3.8, 4) is 0 Å². The third-order valence-electron chi connectivity index (χ3n) is 1.65. The minimum atomic E-state index is -1.06. The number of carboxylic acids is 1. The topological polar surface area (TPSA) is 92.7 Å². The molecule has 0 spiro atoms. The van der Waals surface area contributed by atoms with Gasteiger partial charge in [-0.2, -0.15) is 12.6 Å². The van der Waals surface area contributed by atoms with Gasteiger partial charge in [0, 0.05) is 12.2 Å². The zero-order valence-corrected chi connectivity index (χ0v) is 9.83. The fraction of sp³-hybridized carbons (Fsp3) is 0.667. The summed E-state index contributed by atoms with van der Waals surface area (Å²) < 4.78 is 4.70. The molecule has 0 radical (unpaired) electrons. The van der Waals surface area contributed by atoms with Crippen LogP contribution in [0.3, 0.4) is 0 Å². The molecular formula is C9H15NO5S. The number of hydrogen-bond donors (Lipinski definition) is 3. The van der Waals surface area contributed by atoms with E-state index in [4.69, 9.17) is 9.84 Å². The molecule has 1 atom stereocenters. The van der Waals surface area contributed by atoms with Crippen molar-refractivity contribution in [3.05, 3.63) is 0 Å². The summed E-state index contributed by atoms with van der Waals surface area (Å²) in [6.45, 7) is 1.87. The van der Waals surface area contributed by atoms with E-state index in [1.807, 2.05) is 0 Å². The van der Waals surface area contributed by atoms with Gasteiger partial charge in [-0.1, -0.05) is 0 Å². The monoisotopic (exact) mass is 249 g/mol. The molecule has 0 aliphatic rings. The number of esters is 1. The molecule has 0 aromatic rings. The SMILES string of the molecule is CCOC(=O)[C@H](CS)NC(=O)CCC(=O)O. The van der Waals surface area contributed by atoms with E-state index in [0.29, 0.717) is 0 Å². The first kappa shape index (κ1) is 14.8. The molecule has 0 aliphatic heterocycles. The summed E-state index contributed by atoms with van der Waals surface area (Å²) >= 11 is 3.90. The molecule has 6 nitrogen and oxygen atoms in total. The van der Waals surface area contributed by atoms with Crippen LogP contribution in [0.25, 0.3) is 0 Å². The van der Waals surface area contributed by atoms with Crippen molar-refractivity contribution >= 4 is 30.5 Å². The molecule has 0 heterocycles. The number of carbonyl (C=O) groups is 3. The van der Waals surface area contributed by atoms with Gasteiger partial charge in [0.25, 0.3) is 0 Å². The Hall–Kier alpha value is -1.24. The number of carbonyl (C=O) groups excluding carboxylic acids is 2. The van der Waals surface area contributed by atoms with Gasteiger partial charge >= 0.3 is 11.9 Å². The number of aliphatic carboxylic acids is 1. The van der Waals surface area contributed by atoms with Gasteiger partial charge in [0.15, 0.2) is 0 Å². The molecule has 0 saturated carbocycles. The number of thiol groups is 1. The highest BCUT2D eigenvalue weighted by Crippen LogP contribution is 1.96. The molecule has 0 bridgehead atoms. The third kappa shape index (κ3) is 6.28. The second-order valence-corrected chi connectivity index (χ2v) is 3.31. The summed E-state index contributed by atoms with van der Waals surface area (Å²) in [6.07, 6.45) is -0.438. The Morgan fingerprint density at radius 2 is 2.00 bits per heavy atom. The average Bonchev–Trinajstić information content (AvgIpc) is 2.23. The minimum Gasteiger partial charge on any atom is -0.481 e. The first-order valence-corrected chi connectivity index (χ1v) is 5.43. The van der Waals surface area contributed by atoms with E-state index in [1.165, 1.54) is 0 Å². The molecular weight excluding hydrogens is 234 g/mol. The van der Waals surface area contributed by atoms with E-state index in [0.717, 1.165) is 0 Å². The van der Waals surface area contributed by atoms with E-state index in [-0.39, 0.29) is 25.2 Å². The molecule has 2 N–H and O–H groups in total. The molecule has 0 aliphatic carbocycles. The zero-order chi connectivity index (χ0) is 12.6. The normalized spacial score (nSPS) is 11.6. The van der Waals surface area contributed by atoms with Gasteiger partial charge in [0.2, 0.25) is 5.91 Å². The van der Waals surface area contributed by atoms with Crippen LogP contribution in [0.1, 0.15) is 19.8 Å². The Morgan fingerprint density at radius 1 is 1.38 bits per heavy atom. The van der Waals surface area contributed by atoms with Crippen molar-refractivity contribution in [3.63, 3.8) is 0 Å². The third-order valence-corrected chi connectivity index (χ3v) is 2.02. The summed E-state index contributed by atoms with van der Waals surface area (Å²) in [6, 6.07) is -0.829. The van der Waals surface area contributed by atoms with Crippen LogP contribution in [-0.2, 0) is 19.1 Å². The van der Waals surface area contributed by atoms with Crippen LogP contribution >= 0.6 is 12.6 Å². The molecule has 0 saturated heterocycles. The molecule has 0 rings (SSSR count). The summed E-state index contributed by atoms with van der Waals surface area (Å²) in [5.74, 6) is -2.03. The van der Waals surface area contributed by atoms with Crippen LogP contribution < -0.4 is 5.32 Å². The van der Waals surface area contributed by atoms with E-state index < -0.39 is 23.9 Å². The maximum Gasteiger partial charge on any atom is 0.329 e. The minimum absolute atomic E-state index is 0.109. The van der Waals surface area contributed by atoms with E-state index in [1.54, 1.807) is 6.92 Å². The molecule has 0 unspecified atom stereocenters. The predicted octanol–water partition coefficient (Wildman–Crippen LogP) is -0.171. The number of carboxylic acid groups (broad SMARTS) is 1. The summed E-state index contributed by atoms with van der Waals surface area (Å²) in [7, 11) is 0. The highest BCUT2D eigenvalue weighted by Gasteiger charge is 2.20. The number of ether oxygens (including phenoxy) is 1. The lowest BCUT2D eigenvalue weighted by atomic mass is 10.2.